The van der Waals surface area contributed by atoms with E-state index in [4.69, 9.17) is 23.2 Å². The molecule has 0 fully saturated rings. The van der Waals surface area contributed by atoms with Gasteiger partial charge in [-0.3, -0.25) is 0 Å². The predicted octanol–water partition coefficient (Wildman–Crippen LogP) is 3.21. The van der Waals surface area contributed by atoms with E-state index in [0.717, 1.165) is 12.8 Å². The highest BCUT2D eigenvalue weighted by Gasteiger charge is 2.08. The van der Waals surface area contributed by atoms with Gasteiger partial charge in [0.15, 0.2) is 0 Å². The lowest BCUT2D eigenvalue weighted by atomic mass is 10.2. The molecule has 1 aromatic rings. The highest BCUT2D eigenvalue weighted by molar-refractivity contribution is 6.30. The van der Waals surface area contributed by atoms with Crippen LogP contribution in [-0.4, -0.2) is 9.97 Å². The van der Waals surface area contributed by atoms with Crippen molar-refractivity contribution in [1.29, 1.82) is 0 Å². The topological polar surface area (TPSA) is 25.8 Å². The largest absolute Gasteiger partial charge is 0.238 e. The van der Waals surface area contributed by atoms with Gasteiger partial charge in [0.2, 0.25) is 0 Å². The Labute approximate surface area is 81.9 Å². The Morgan fingerprint density at radius 1 is 1.42 bits per heavy atom. The molecule has 66 valence electrons. The molecule has 0 radical (unpaired) electrons. The normalized spacial score (nSPS) is 12.9. The molecule has 1 unspecified atom stereocenters. The lowest BCUT2D eigenvalue weighted by Gasteiger charge is -2.04. The summed E-state index contributed by atoms with van der Waals surface area (Å²) in [5.41, 5.74) is 0. The van der Waals surface area contributed by atoms with Gasteiger partial charge in [-0.25, -0.2) is 9.97 Å². The van der Waals surface area contributed by atoms with Gasteiger partial charge in [-0.1, -0.05) is 24.9 Å². The van der Waals surface area contributed by atoms with E-state index in [1.807, 2.05) is 0 Å². The summed E-state index contributed by atoms with van der Waals surface area (Å²) < 4.78 is 0. The first-order chi connectivity index (χ1) is 5.74. The van der Waals surface area contributed by atoms with E-state index in [-0.39, 0.29) is 5.38 Å². The number of rotatable bonds is 3. The Morgan fingerprint density at radius 2 is 2.00 bits per heavy atom. The SMILES string of the molecule is CCCC(Cl)c1ncc(Cl)cn1. The summed E-state index contributed by atoms with van der Waals surface area (Å²) in [6.45, 7) is 2.07. The van der Waals surface area contributed by atoms with Crippen LogP contribution in [-0.2, 0) is 0 Å². The second-order valence-electron chi connectivity index (χ2n) is 2.52. The van der Waals surface area contributed by atoms with Crippen LogP contribution in [0.4, 0.5) is 0 Å². The van der Waals surface area contributed by atoms with E-state index < -0.39 is 0 Å². The molecule has 1 aromatic heterocycles. The van der Waals surface area contributed by atoms with Gasteiger partial charge in [0.25, 0.3) is 0 Å². The maximum atomic E-state index is 5.99. The lowest BCUT2D eigenvalue weighted by molar-refractivity contribution is 0.727. The fraction of sp³-hybridized carbons (Fsp3) is 0.500. The van der Waals surface area contributed by atoms with Crippen LogP contribution in [0.3, 0.4) is 0 Å². The third-order valence-electron chi connectivity index (χ3n) is 1.46. The summed E-state index contributed by atoms with van der Waals surface area (Å²) in [6, 6.07) is 0. The minimum absolute atomic E-state index is 0.0905. The van der Waals surface area contributed by atoms with Crippen LogP contribution in [0.15, 0.2) is 12.4 Å². The lowest BCUT2D eigenvalue weighted by Crippen LogP contribution is -1.97. The third-order valence-corrected chi connectivity index (χ3v) is 2.07. The molecular formula is C8H10Cl2N2. The summed E-state index contributed by atoms with van der Waals surface area (Å²) in [5, 5.41) is 0.450. The van der Waals surface area contributed by atoms with Gasteiger partial charge in [-0.15, -0.1) is 11.6 Å². The van der Waals surface area contributed by atoms with E-state index in [1.165, 1.54) is 0 Å². The van der Waals surface area contributed by atoms with Crippen LogP contribution in [0.2, 0.25) is 5.02 Å². The fourth-order valence-corrected chi connectivity index (χ4v) is 1.30. The molecule has 2 nitrogen and oxygen atoms in total. The van der Waals surface area contributed by atoms with Crippen LogP contribution in [0.25, 0.3) is 0 Å². The van der Waals surface area contributed by atoms with Crippen LogP contribution in [0, 0.1) is 0 Å². The number of alkyl halides is 1. The molecule has 0 amide bonds. The second-order valence-corrected chi connectivity index (χ2v) is 3.48. The van der Waals surface area contributed by atoms with Gasteiger partial charge in [0.05, 0.1) is 10.4 Å². The molecular weight excluding hydrogens is 195 g/mol. The van der Waals surface area contributed by atoms with Crippen molar-refractivity contribution in [2.75, 3.05) is 0 Å². The van der Waals surface area contributed by atoms with E-state index in [1.54, 1.807) is 12.4 Å². The minimum Gasteiger partial charge on any atom is -0.238 e. The zero-order valence-electron chi connectivity index (χ0n) is 6.80. The molecule has 0 aliphatic carbocycles. The first-order valence-electron chi connectivity index (χ1n) is 3.85. The van der Waals surface area contributed by atoms with Crippen molar-refractivity contribution < 1.29 is 0 Å². The smallest absolute Gasteiger partial charge is 0.146 e. The van der Waals surface area contributed by atoms with Gasteiger partial charge < -0.3 is 0 Å². The highest BCUT2D eigenvalue weighted by atomic mass is 35.5. The molecule has 0 saturated carbocycles. The molecule has 1 rings (SSSR count). The molecule has 0 N–H and O–H groups in total. The van der Waals surface area contributed by atoms with Gasteiger partial charge in [-0.2, -0.15) is 0 Å². The Kier molecular flexibility index (Phi) is 3.76. The Bertz CT molecular complexity index is 235. The van der Waals surface area contributed by atoms with E-state index in [9.17, 15) is 0 Å². The van der Waals surface area contributed by atoms with Crippen molar-refractivity contribution in [2.45, 2.75) is 25.1 Å². The fourth-order valence-electron chi connectivity index (χ4n) is 0.867. The zero-order chi connectivity index (χ0) is 8.97. The summed E-state index contributed by atoms with van der Waals surface area (Å²) in [7, 11) is 0. The monoisotopic (exact) mass is 204 g/mol. The number of hydrogen-bond donors (Lipinski definition) is 0. The quantitative estimate of drug-likeness (QED) is 0.708. The standard InChI is InChI=1S/C8H10Cl2N2/c1-2-3-7(10)8-11-4-6(9)5-12-8/h4-5,7H,2-3H2,1H3. The van der Waals surface area contributed by atoms with Crippen molar-refractivity contribution in [3.05, 3.63) is 23.2 Å². The van der Waals surface area contributed by atoms with Crippen molar-refractivity contribution in [3.8, 4) is 0 Å². The predicted molar refractivity (Wildman–Crippen MR) is 50.5 cm³/mol. The van der Waals surface area contributed by atoms with Gasteiger partial charge in [0, 0.05) is 12.4 Å². The van der Waals surface area contributed by atoms with Crippen molar-refractivity contribution in [1.82, 2.24) is 9.97 Å². The van der Waals surface area contributed by atoms with Crippen LogP contribution in [0.1, 0.15) is 31.0 Å². The minimum atomic E-state index is -0.0905. The molecule has 0 spiro atoms. The molecule has 0 bridgehead atoms. The molecule has 1 atom stereocenters. The Hall–Kier alpha value is -0.340. The number of nitrogens with zero attached hydrogens (tertiary/aromatic N) is 2. The summed E-state index contributed by atoms with van der Waals surface area (Å²) in [6.07, 6.45) is 5.05. The number of aromatic nitrogens is 2. The van der Waals surface area contributed by atoms with Crippen LogP contribution in [0.5, 0.6) is 0 Å². The van der Waals surface area contributed by atoms with Crippen LogP contribution >= 0.6 is 23.2 Å². The first kappa shape index (κ1) is 9.75. The first-order valence-corrected chi connectivity index (χ1v) is 4.67. The van der Waals surface area contributed by atoms with Crippen LogP contribution < -0.4 is 0 Å². The average molecular weight is 205 g/mol. The molecule has 1 heterocycles. The van der Waals surface area contributed by atoms with E-state index in [0.29, 0.717) is 10.8 Å². The maximum absolute atomic E-state index is 5.99. The van der Waals surface area contributed by atoms with Gasteiger partial charge >= 0.3 is 0 Å². The molecule has 0 aliphatic rings. The molecule has 0 aromatic carbocycles. The van der Waals surface area contributed by atoms with Gasteiger partial charge in [-0.05, 0) is 6.42 Å². The second kappa shape index (κ2) is 4.63. The van der Waals surface area contributed by atoms with Crippen molar-refractivity contribution in [3.63, 3.8) is 0 Å². The summed E-state index contributed by atoms with van der Waals surface area (Å²) in [5.74, 6) is 0.655. The Balaban J connectivity index is 2.68. The van der Waals surface area contributed by atoms with Crippen molar-refractivity contribution in [2.24, 2.45) is 0 Å². The summed E-state index contributed by atoms with van der Waals surface area (Å²) >= 11 is 11.6. The molecule has 4 heteroatoms. The third kappa shape index (κ3) is 2.61. The van der Waals surface area contributed by atoms with E-state index >= 15 is 0 Å². The molecule has 0 saturated heterocycles. The molecule has 12 heavy (non-hydrogen) atoms. The number of halogens is 2. The Morgan fingerprint density at radius 3 is 2.50 bits per heavy atom. The average Bonchev–Trinajstić information content (AvgIpc) is 2.06. The maximum Gasteiger partial charge on any atom is 0.146 e. The molecule has 0 aliphatic heterocycles. The summed E-state index contributed by atoms with van der Waals surface area (Å²) in [4.78, 5) is 8.04. The zero-order valence-corrected chi connectivity index (χ0v) is 8.31. The van der Waals surface area contributed by atoms with Gasteiger partial charge in [0.1, 0.15) is 5.82 Å². The highest BCUT2D eigenvalue weighted by Crippen LogP contribution is 2.21. The van der Waals surface area contributed by atoms with Crippen molar-refractivity contribution >= 4 is 23.2 Å². The number of hydrogen-bond acceptors (Lipinski definition) is 2. The van der Waals surface area contributed by atoms with E-state index in [2.05, 4.69) is 16.9 Å².